The molecule has 1 heterocycles. The molecule has 0 saturated heterocycles. The number of carboxylic acid groups (broad SMARTS) is 1. The Morgan fingerprint density at radius 3 is 2.58 bits per heavy atom. The van der Waals surface area contributed by atoms with E-state index in [9.17, 15) is 9.90 Å². The summed E-state index contributed by atoms with van der Waals surface area (Å²) in [6, 6.07) is 11.7. The van der Waals surface area contributed by atoms with Gasteiger partial charge in [-0.05, 0) is 54.0 Å². The Hall–Kier alpha value is -2.55. The first-order valence-corrected chi connectivity index (χ1v) is 8.41. The molecule has 122 valence electrons. The van der Waals surface area contributed by atoms with Crippen molar-refractivity contribution in [3.8, 4) is 0 Å². The Balaban J connectivity index is 1.77. The van der Waals surface area contributed by atoms with Crippen molar-refractivity contribution in [3.05, 3.63) is 76.4 Å². The van der Waals surface area contributed by atoms with E-state index in [0.29, 0.717) is 11.8 Å². The fourth-order valence-corrected chi connectivity index (χ4v) is 4.08. The predicted molar refractivity (Wildman–Crippen MR) is 93.0 cm³/mol. The highest BCUT2D eigenvalue weighted by Crippen LogP contribution is 2.50. The molecule has 0 radical (unpaired) electrons. The Kier molecular flexibility index (Phi) is 3.45. The molecule has 0 amide bonds. The number of carbonyl (C=O) groups is 1. The number of benzene rings is 2. The molecule has 0 spiro atoms. The van der Waals surface area contributed by atoms with Gasteiger partial charge in [0.1, 0.15) is 0 Å². The van der Waals surface area contributed by atoms with E-state index < -0.39 is 5.97 Å². The van der Waals surface area contributed by atoms with E-state index in [1.807, 2.05) is 12.1 Å². The van der Waals surface area contributed by atoms with Gasteiger partial charge in [0.2, 0.25) is 0 Å². The number of aromatic carboxylic acids is 1. The standard InChI is InChI=1S/C21H21NO2/c1-12-6-11-18-16-4-3-5-17(16)20(22-19(18)13(12)2)14-7-9-15(10-8-14)21(23)24/h3-4,6-11,16-17,20,22H,5H2,1-2H3,(H,23,24)/p-1/t16-,17+,20+/m1/s1. The van der Waals surface area contributed by atoms with Crippen LogP contribution in [0.4, 0.5) is 5.69 Å². The van der Waals surface area contributed by atoms with Crippen LogP contribution in [0, 0.1) is 19.8 Å². The van der Waals surface area contributed by atoms with Crippen LogP contribution >= 0.6 is 0 Å². The zero-order valence-corrected chi connectivity index (χ0v) is 13.9. The van der Waals surface area contributed by atoms with Crippen molar-refractivity contribution in [1.29, 1.82) is 0 Å². The van der Waals surface area contributed by atoms with Crippen LogP contribution in [0.5, 0.6) is 0 Å². The molecule has 0 fully saturated rings. The van der Waals surface area contributed by atoms with Crippen molar-refractivity contribution >= 4 is 11.7 Å². The largest absolute Gasteiger partial charge is 0.545 e. The molecule has 0 saturated carbocycles. The monoisotopic (exact) mass is 318 g/mol. The van der Waals surface area contributed by atoms with Gasteiger partial charge in [-0.3, -0.25) is 0 Å². The lowest BCUT2D eigenvalue weighted by Crippen LogP contribution is -2.30. The molecule has 0 aromatic heterocycles. The molecule has 3 heteroatoms. The van der Waals surface area contributed by atoms with E-state index in [2.05, 4.69) is 43.4 Å². The van der Waals surface area contributed by atoms with Crippen LogP contribution in [-0.4, -0.2) is 5.97 Å². The third-order valence-corrected chi connectivity index (χ3v) is 5.57. The van der Waals surface area contributed by atoms with Crippen LogP contribution in [0.3, 0.4) is 0 Å². The molecular weight excluding hydrogens is 298 g/mol. The lowest BCUT2D eigenvalue weighted by molar-refractivity contribution is -0.255. The number of anilines is 1. The number of allylic oxidation sites excluding steroid dienone is 2. The summed E-state index contributed by atoms with van der Waals surface area (Å²) in [7, 11) is 0. The number of carbonyl (C=O) groups excluding carboxylic acids is 1. The summed E-state index contributed by atoms with van der Waals surface area (Å²) in [6.07, 6.45) is 5.63. The fourth-order valence-electron chi connectivity index (χ4n) is 4.08. The van der Waals surface area contributed by atoms with Gasteiger partial charge in [0, 0.05) is 11.6 Å². The number of rotatable bonds is 2. The first kappa shape index (κ1) is 15.0. The minimum absolute atomic E-state index is 0.189. The van der Waals surface area contributed by atoms with Gasteiger partial charge in [0.15, 0.2) is 0 Å². The zero-order chi connectivity index (χ0) is 16.8. The number of hydrogen-bond donors (Lipinski definition) is 1. The van der Waals surface area contributed by atoms with E-state index in [4.69, 9.17) is 0 Å². The first-order valence-electron chi connectivity index (χ1n) is 8.41. The summed E-state index contributed by atoms with van der Waals surface area (Å²) in [6.45, 7) is 4.30. The highest BCUT2D eigenvalue weighted by molar-refractivity contribution is 5.85. The van der Waals surface area contributed by atoms with E-state index in [0.717, 1.165) is 12.0 Å². The maximum atomic E-state index is 11.0. The van der Waals surface area contributed by atoms with Crippen molar-refractivity contribution in [2.45, 2.75) is 32.2 Å². The molecule has 2 aromatic rings. The summed E-state index contributed by atoms with van der Waals surface area (Å²) in [5.41, 5.74) is 6.54. The molecular formula is C21H20NO2-. The third kappa shape index (κ3) is 2.23. The lowest BCUT2D eigenvalue weighted by Gasteiger charge is -2.38. The van der Waals surface area contributed by atoms with E-state index >= 15 is 0 Å². The van der Waals surface area contributed by atoms with E-state index in [-0.39, 0.29) is 11.6 Å². The molecule has 0 bridgehead atoms. The Morgan fingerprint density at radius 1 is 1.12 bits per heavy atom. The third-order valence-electron chi connectivity index (χ3n) is 5.57. The molecule has 3 nitrogen and oxygen atoms in total. The topological polar surface area (TPSA) is 52.2 Å². The molecule has 4 rings (SSSR count). The number of nitrogens with one attached hydrogen (secondary N) is 1. The molecule has 0 unspecified atom stereocenters. The summed E-state index contributed by atoms with van der Waals surface area (Å²) in [4.78, 5) is 11.0. The minimum Gasteiger partial charge on any atom is -0.545 e. The lowest BCUT2D eigenvalue weighted by atomic mass is 9.76. The average Bonchev–Trinajstić information content (AvgIpc) is 3.07. The second-order valence-corrected chi connectivity index (χ2v) is 6.86. The first-order chi connectivity index (χ1) is 11.6. The molecule has 1 aliphatic carbocycles. The summed E-state index contributed by atoms with van der Waals surface area (Å²) in [5.74, 6) is -0.241. The highest BCUT2D eigenvalue weighted by atomic mass is 16.4. The molecule has 24 heavy (non-hydrogen) atoms. The zero-order valence-electron chi connectivity index (χ0n) is 13.9. The van der Waals surface area contributed by atoms with Gasteiger partial charge in [0.05, 0.1) is 12.0 Å². The molecule has 2 aliphatic rings. The van der Waals surface area contributed by atoms with Crippen LogP contribution in [0.1, 0.15) is 51.0 Å². The van der Waals surface area contributed by atoms with Gasteiger partial charge in [0.25, 0.3) is 0 Å². The van der Waals surface area contributed by atoms with Gasteiger partial charge in [-0.2, -0.15) is 0 Å². The highest BCUT2D eigenvalue weighted by Gasteiger charge is 2.38. The van der Waals surface area contributed by atoms with E-state index in [1.165, 1.54) is 22.4 Å². The quantitative estimate of drug-likeness (QED) is 0.862. The van der Waals surface area contributed by atoms with E-state index in [1.54, 1.807) is 12.1 Å². The maximum Gasteiger partial charge on any atom is 0.0715 e. The van der Waals surface area contributed by atoms with Crippen molar-refractivity contribution in [3.63, 3.8) is 0 Å². The van der Waals surface area contributed by atoms with Crippen molar-refractivity contribution in [1.82, 2.24) is 0 Å². The van der Waals surface area contributed by atoms with Crippen LogP contribution in [0.15, 0.2) is 48.6 Å². The predicted octanol–water partition coefficient (Wildman–Crippen LogP) is 3.49. The van der Waals surface area contributed by atoms with Gasteiger partial charge < -0.3 is 15.2 Å². The Morgan fingerprint density at radius 2 is 1.88 bits per heavy atom. The Bertz CT molecular complexity index is 836. The Labute approximate surface area is 142 Å². The summed E-state index contributed by atoms with van der Waals surface area (Å²) in [5, 5.41) is 14.7. The fraction of sp³-hybridized carbons (Fsp3) is 0.286. The second kappa shape index (κ2) is 5.52. The number of carboxylic acids is 1. The SMILES string of the molecule is Cc1ccc2c(c1C)N[C@@H](c1ccc(C(=O)[O-])cc1)[C@H]1CC=C[C@@H]21. The number of aryl methyl sites for hydroxylation is 1. The van der Waals surface area contributed by atoms with Crippen molar-refractivity contribution in [2.24, 2.45) is 5.92 Å². The number of hydrogen-bond acceptors (Lipinski definition) is 3. The molecule has 3 atom stereocenters. The average molecular weight is 318 g/mol. The van der Waals surface area contributed by atoms with Crippen LogP contribution in [0.25, 0.3) is 0 Å². The molecule has 1 N–H and O–H groups in total. The molecule has 2 aromatic carbocycles. The summed E-state index contributed by atoms with van der Waals surface area (Å²) >= 11 is 0. The van der Waals surface area contributed by atoms with Crippen LogP contribution in [0.2, 0.25) is 0 Å². The van der Waals surface area contributed by atoms with Gasteiger partial charge in [-0.1, -0.05) is 48.6 Å². The smallest absolute Gasteiger partial charge is 0.0715 e. The van der Waals surface area contributed by atoms with Crippen LogP contribution in [-0.2, 0) is 0 Å². The van der Waals surface area contributed by atoms with Gasteiger partial charge in [-0.25, -0.2) is 0 Å². The normalized spacial score (nSPS) is 24.2. The minimum atomic E-state index is -1.13. The maximum absolute atomic E-state index is 11.0. The van der Waals surface area contributed by atoms with Gasteiger partial charge in [-0.15, -0.1) is 0 Å². The second-order valence-electron chi connectivity index (χ2n) is 6.86. The van der Waals surface area contributed by atoms with Gasteiger partial charge >= 0.3 is 0 Å². The van der Waals surface area contributed by atoms with Crippen LogP contribution < -0.4 is 10.4 Å². The van der Waals surface area contributed by atoms with Crippen molar-refractivity contribution in [2.75, 3.05) is 5.32 Å². The van der Waals surface area contributed by atoms with Crippen molar-refractivity contribution < 1.29 is 9.90 Å². The summed E-state index contributed by atoms with van der Waals surface area (Å²) < 4.78 is 0. The number of fused-ring (bicyclic) bond motifs is 3. The molecule has 1 aliphatic heterocycles.